The molecule has 2 aromatic heterocycles. The molecule has 0 spiro atoms. The fourth-order valence-electron chi connectivity index (χ4n) is 1.63. The molecule has 2 heterocycles. The molecule has 0 fully saturated rings. The third kappa shape index (κ3) is 2.96. The molecule has 0 aliphatic rings. The fourth-order valence-corrected chi connectivity index (χ4v) is 2.95. The van der Waals surface area contributed by atoms with Crippen molar-refractivity contribution in [1.29, 1.82) is 0 Å². The maximum absolute atomic E-state index is 5.66. The lowest BCUT2D eigenvalue weighted by atomic mass is 10.4. The molecule has 2 rings (SSSR count). The number of furan rings is 1. The van der Waals surface area contributed by atoms with Crippen LogP contribution in [-0.2, 0) is 12.3 Å². The van der Waals surface area contributed by atoms with Crippen molar-refractivity contribution in [2.45, 2.75) is 37.3 Å². The van der Waals surface area contributed by atoms with E-state index in [4.69, 9.17) is 10.2 Å². The van der Waals surface area contributed by atoms with Gasteiger partial charge in [0.2, 0.25) is 0 Å². The van der Waals surface area contributed by atoms with E-state index in [1.807, 2.05) is 12.1 Å². The van der Waals surface area contributed by atoms with Gasteiger partial charge in [-0.2, -0.15) is 0 Å². The van der Waals surface area contributed by atoms with Crippen LogP contribution in [-0.4, -0.2) is 14.8 Å². The van der Waals surface area contributed by atoms with Gasteiger partial charge in [0.1, 0.15) is 11.6 Å². The number of halogens is 1. The zero-order valence-corrected chi connectivity index (χ0v) is 12.7. The van der Waals surface area contributed by atoms with Gasteiger partial charge in [-0.3, -0.25) is 0 Å². The van der Waals surface area contributed by atoms with Crippen molar-refractivity contribution in [2.75, 3.05) is 0 Å². The monoisotopic (exact) mass is 330 g/mol. The van der Waals surface area contributed by atoms with E-state index >= 15 is 0 Å². The predicted octanol–water partition coefficient (Wildman–Crippen LogP) is 2.97. The highest BCUT2D eigenvalue weighted by Crippen LogP contribution is 2.26. The summed E-state index contributed by atoms with van der Waals surface area (Å²) in [5, 5.41) is 9.15. The van der Waals surface area contributed by atoms with Gasteiger partial charge >= 0.3 is 0 Å². The number of rotatable bonds is 5. The number of hydrogen-bond acceptors (Lipinski definition) is 5. The molecule has 0 bridgehead atoms. The number of aromatic nitrogens is 3. The molecule has 5 nitrogen and oxygen atoms in total. The van der Waals surface area contributed by atoms with E-state index in [1.54, 1.807) is 11.8 Å². The lowest BCUT2D eigenvalue weighted by molar-refractivity contribution is 0.504. The van der Waals surface area contributed by atoms with E-state index in [-0.39, 0.29) is 0 Å². The van der Waals surface area contributed by atoms with Crippen molar-refractivity contribution in [1.82, 2.24) is 14.8 Å². The zero-order chi connectivity index (χ0) is 13.1. The number of nitrogens with two attached hydrogens (primary N) is 1. The van der Waals surface area contributed by atoms with E-state index in [9.17, 15) is 0 Å². The molecule has 0 saturated carbocycles. The van der Waals surface area contributed by atoms with Crippen LogP contribution in [0.3, 0.4) is 0 Å². The highest BCUT2D eigenvalue weighted by molar-refractivity contribution is 9.10. The summed E-state index contributed by atoms with van der Waals surface area (Å²) in [4.78, 5) is 0. The highest BCUT2D eigenvalue weighted by Gasteiger charge is 2.14. The van der Waals surface area contributed by atoms with Crippen LogP contribution in [0.1, 0.15) is 31.5 Å². The number of thioether (sulfide) groups is 1. The topological polar surface area (TPSA) is 69.9 Å². The van der Waals surface area contributed by atoms with Gasteiger partial charge in [0.25, 0.3) is 0 Å². The molecule has 2 aromatic rings. The van der Waals surface area contributed by atoms with Gasteiger partial charge in [-0.15, -0.1) is 10.2 Å². The van der Waals surface area contributed by atoms with Crippen molar-refractivity contribution in [3.05, 3.63) is 28.4 Å². The molecule has 0 radical (unpaired) electrons. The summed E-state index contributed by atoms with van der Waals surface area (Å²) in [5.74, 6) is 2.44. The average molecular weight is 331 g/mol. The standard InChI is InChI=1S/C11H15BrN4OS/c1-7(2)16-10(5-13)14-15-11(16)18-6-8-3-4-9(12)17-8/h3-4,7H,5-6,13H2,1-2H3. The quantitative estimate of drug-likeness (QED) is 0.853. The van der Waals surface area contributed by atoms with E-state index in [1.165, 1.54) is 0 Å². The first-order chi connectivity index (χ1) is 8.61. The van der Waals surface area contributed by atoms with Gasteiger partial charge in [0, 0.05) is 6.04 Å². The minimum absolute atomic E-state index is 0.296. The lowest BCUT2D eigenvalue weighted by Gasteiger charge is -2.12. The average Bonchev–Trinajstić information content (AvgIpc) is 2.92. The third-order valence-corrected chi connectivity index (χ3v) is 3.80. The summed E-state index contributed by atoms with van der Waals surface area (Å²) in [6, 6.07) is 4.12. The summed E-state index contributed by atoms with van der Waals surface area (Å²) in [5.41, 5.74) is 5.66. The maximum atomic E-state index is 5.66. The first-order valence-corrected chi connectivity index (χ1v) is 7.40. The first kappa shape index (κ1) is 13.6. The van der Waals surface area contributed by atoms with Gasteiger partial charge < -0.3 is 14.7 Å². The highest BCUT2D eigenvalue weighted by atomic mass is 79.9. The van der Waals surface area contributed by atoms with Gasteiger partial charge in [-0.1, -0.05) is 11.8 Å². The molecule has 98 valence electrons. The predicted molar refractivity (Wildman–Crippen MR) is 74.3 cm³/mol. The van der Waals surface area contributed by atoms with Crippen LogP contribution in [0.2, 0.25) is 0 Å². The maximum Gasteiger partial charge on any atom is 0.191 e. The van der Waals surface area contributed by atoms with Gasteiger partial charge in [-0.05, 0) is 41.9 Å². The number of nitrogens with zero attached hydrogens (tertiary/aromatic N) is 3. The van der Waals surface area contributed by atoms with Crippen LogP contribution < -0.4 is 5.73 Å². The number of hydrogen-bond donors (Lipinski definition) is 1. The Bertz CT molecular complexity index is 523. The van der Waals surface area contributed by atoms with Crippen LogP contribution in [0.25, 0.3) is 0 Å². The van der Waals surface area contributed by atoms with E-state index in [0.717, 1.165) is 27.2 Å². The molecule has 0 aliphatic heterocycles. The molecule has 0 unspecified atom stereocenters. The summed E-state index contributed by atoms with van der Waals surface area (Å²) >= 11 is 4.88. The van der Waals surface area contributed by atoms with E-state index in [0.29, 0.717) is 12.6 Å². The Hall–Kier alpha value is -0.790. The Kier molecular flexibility index (Phi) is 4.47. The van der Waals surface area contributed by atoms with Crippen LogP contribution >= 0.6 is 27.7 Å². The third-order valence-electron chi connectivity index (χ3n) is 2.41. The van der Waals surface area contributed by atoms with Crippen LogP contribution in [0.5, 0.6) is 0 Å². The second-order valence-corrected chi connectivity index (χ2v) is 5.79. The molecule has 0 amide bonds. The Balaban J connectivity index is 2.11. The molecule has 2 N–H and O–H groups in total. The van der Waals surface area contributed by atoms with Crippen molar-refractivity contribution in [2.24, 2.45) is 5.73 Å². The van der Waals surface area contributed by atoms with Crippen LogP contribution in [0, 0.1) is 0 Å². The van der Waals surface area contributed by atoms with E-state index < -0.39 is 0 Å². The van der Waals surface area contributed by atoms with Crippen molar-refractivity contribution in [3.63, 3.8) is 0 Å². The Morgan fingerprint density at radius 2 is 2.22 bits per heavy atom. The molecule has 0 aromatic carbocycles. The SMILES string of the molecule is CC(C)n1c(CN)nnc1SCc1ccc(Br)o1. The second kappa shape index (κ2) is 5.90. The summed E-state index contributed by atoms with van der Waals surface area (Å²) in [6.45, 7) is 4.59. The van der Waals surface area contributed by atoms with E-state index in [2.05, 4.69) is 44.5 Å². The minimum atomic E-state index is 0.296. The normalized spacial score (nSPS) is 11.4. The Morgan fingerprint density at radius 1 is 1.44 bits per heavy atom. The Morgan fingerprint density at radius 3 is 2.78 bits per heavy atom. The second-order valence-electron chi connectivity index (χ2n) is 4.06. The smallest absolute Gasteiger partial charge is 0.191 e. The molecule has 0 saturated heterocycles. The molecule has 7 heteroatoms. The van der Waals surface area contributed by atoms with Crippen LogP contribution in [0.4, 0.5) is 0 Å². The summed E-state index contributed by atoms with van der Waals surface area (Å²) in [6.07, 6.45) is 0. The molecule has 18 heavy (non-hydrogen) atoms. The molecular formula is C11H15BrN4OS. The fraction of sp³-hybridized carbons (Fsp3) is 0.455. The summed E-state index contributed by atoms with van der Waals surface area (Å²) in [7, 11) is 0. The summed E-state index contributed by atoms with van der Waals surface area (Å²) < 4.78 is 8.25. The lowest BCUT2D eigenvalue weighted by Crippen LogP contribution is -2.11. The molecular weight excluding hydrogens is 316 g/mol. The van der Waals surface area contributed by atoms with Crippen molar-refractivity contribution >= 4 is 27.7 Å². The first-order valence-electron chi connectivity index (χ1n) is 5.62. The minimum Gasteiger partial charge on any atom is -0.453 e. The van der Waals surface area contributed by atoms with Crippen molar-refractivity contribution in [3.8, 4) is 0 Å². The molecule has 0 aliphatic carbocycles. The van der Waals surface area contributed by atoms with Crippen molar-refractivity contribution < 1.29 is 4.42 Å². The van der Waals surface area contributed by atoms with Gasteiger partial charge in [0.15, 0.2) is 9.83 Å². The molecule has 0 atom stereocenters. The largest absolute Gasteiger partial charge is 0.453 e. The van der Waals surface area contributed by atoms with Crippen LogP contribution in [0.15, 0.2) is 26.4 Å². The zero-order valence-electron chi connectivity index (χ0n) is 10.3. The Labute approximate surface area is 118 Å². The van der Waals surface area contributed by atoms with Gasteiger partial charge in [-0.25, -0.2) is 0 Å². The van der Waals surface area contributed by atoms with Gasteiger partial charge in [0.05, 0.1) is 12.3 Å².